The molecule has 38 heavy (non-hydrogen) atoms. The van der Waals surface area contributed by atoms with E-state index in [1.807, 2.05) is 24.3 Å². The van der Waals surface area contributed by atoms with Crippen LogP contribution < -0.4 is 5.73 Å². The third-order valence-electron chi connectivity index (χ3n) is 4.31. The first-order valence-corrected chi connectivity index (χ1v) is 12.8. The third-order valence-corrected chi connectivity index (χ3v) is 5.49. The summed E-state index contributed by atoms with van der Waals surface area (Å²) in [5.74, 6) is 0.702. The average molecular weight is 642 g/mol. The molecule has 15 heteroatoms. The van der Waals surface area contributed by atoms with E-state index >= 15 is 0 Å². The Morgan fingerprint density at radius 2 is 1.37 bits per heavy atom. The fraction of sp³-hybridized carbons (Fsp3) is 0.217. The minimum absolute atomic E-state index is 0. The highest BCUT2D eigenvalue weighted by molar-refractivity contribution is 6.63. The van der Waals surface area contributed by atoms with Crippen molar-refractivity contribution >= 4 is 87.1 Å². The number of Topliss-reactive ketones (excluding diaryl/α,β-unsaturated/α-hetero) is 1. The zero-order valence-electron chi connectivity index (χ0n) is 19.7. The number of rotatable bonds is 8. The zero-order valence-corrected chi connectivity index (χ0v) is 24.3. The Kier molecular flexibility index (Phi) is 15.9. The number of aromatic nitrogens is 6. The number of nitrogen functional groups attached to an aromatic ring is 1. The van der Waals surface area contributed by atoms with Crippen molar-refractivity contribution < 1.29 is 9.59 Å². The van der Waals surface area contributed by atoms with Crippen molar-refractivity contribution in [3.63, 3.8) is 0 Å². The van der Waals surface area contributed by atoms with Crippen molar-refractivity contribution in [3.05, 3.63) is 77.3 Å². The molecule has 0 amide bonds. The summed E-state index contributed by atoms with van der Waals surface area (Å²) in [5.41, 5.74) is 8.35. The molecule has 9 nitrogen and oxygen atoms in total. The Morgan fingerprint density at radius 1 is 0.842 bits per heavy atom. The number of carbonyl (C=O) groups excluding carboxylic acids is 2. The highest BCUT2D eigenvalue weighted by atomic mass is 35.5. The van der Waals surface area contributed by atoms with Gasteiger partial charge in [-0.05, 0) is 35.9 Å². The Morgan fingerprint density at radius 3 is 1.76 bits per heavy atom. The van der Waals surface area contributed by atoms with Crippen LogP contribution in [-0.4, -0.2) is 52.3 Å². The van der Waals surface area contributed by atoms with Crippen molar-refractivity contribution in [1.29, 1.82) is 0 Å². The first-order valence-electron chi connectivity index (χ1n) is 10.6. The van der Waals surface area contributed by atoms with E-state index < -0.39 is 0 Å². The number of ketones is 1. The molecule has 0 spiro atoms. The van der Waals surface area contributed by atoms with Gasteiger partial charge in [-0.15, -0.1) is 35.6 Å². The van der Waals surface area contributed by atoms with Crippen LogP contribution in [0.25, 0.3) is 11.4 Å². The number of pyridine rings is 2. The molecule has 4 rings (SSSR count). The summed E-state index contributed by atoms with van der Waals surface area (Å²) in [7, 11) is 0. The average Bonchev–Trinajstić information content (AvgIpc) is 3.42. The monoisotopic (exact) mass is 639 g/mol. The van der Waals surface area contributed by atoms with Crippen molar-refractivity contribution in [1.82, 2.24) is 29.5 Å². The van der Waals surface area contributed by atoms with Crippen LogP contribution in [0.2, 0.25) is 10.3 Å². The number of anilines is 1. The molecule has 0 fully saturated rings. The minimum Gasteiger partial charge on any atom is -0.395 e. The van der Waals surface area contributed by atoms with E-state index in [0.29, 0.717) is 39.7 Å². The summed E-state index contributed by atoms with van der Waals surface area (Å²) in [5, 5.41) is 8.42. The first kappa shape index (κ1) is 33.6. The van der Waals surface area contributed by atoms with E-state index in [9.17, 15) is 9.59 Å². The van der Waals surface area contributed by atoms with E-state index in [-0.39, 0.29) is 36.3 Å². The number of hydrogen-bond acceptors (Lipinski definition) is 7. The van der Waals surface area contributed by atoms with E-state index in [0.717, 1.165) is 11.4 Å². The molecule has 4 aromatic rings. The molecule has 4 aromatic heterocycles. The Labute approximate surface area is 250 Å². The Hall–Kier alpha value is -2.40. The second kappa shape index (κ2) is 18.0. The van der Waals surface area contributed by atoms with Gasteiger partial charge >= 0.3 is 0 Å². The van der Waals surface area contributed by atoms with E-state index in [1.54, 1.807) is 46.5 Å². The fourth-order valence-electron chi connectivity index (χ4n) is 2.60. The van der Waals surface area contributed by atoms with Crippen molar-refractivity contribution in [2.75, 3.05) is 17.5 Å². The lowest BCUT2D eigenvalue weighted by Gasteiger charge is -1.98. The molecule has 2 N–H and O–H groups in total. The summed E-state index contributed by atoms with van der Waals surface area (Å²) in [6.07, 6.45) is 11.0. The molecular weight excluding hydrogens is 619 g/mol. The molecule has 0 aliphatic carbocycles. The molecule has 0 radical (unpaired) electrons. The van der Waals surface area contributed by atoms with Gasteiger partial charge in [0.15, 0.2) is 10.3 Å². The Bertz CT molecular complexity index is 1250. The van der Waals surface area contributed by atoms with Gasteiger partial charge in [-0.25, -0.2) is 9.36 Å². The maximum absolute atomic E-state index is 11.5. The molecule has 4 heterocycles. The van der Waals surface area contributed by atoms with E-state index in [1.165, 1.54) is 0 Å². The van der Waals surface area contributed by atoms with Crippen molar-refractivity contribution in [3.8, 4) is 11.4 Å². The number of alkyl halides is 2. The maximum atomic E-state index is 11.5. The molecule has 0 saturated heterocycles. The van der Waals surface area contributed by atoms with Crippen LogP contribution >= 0.6 is 70.4 Å². The lowest BCUT2D eigenvalue weighted by molar-refractivity contribution is -0.118. The number of halogens is 6. The van der Waals surface area contributed by atoms with Crippen LogP contribution in [0.1, 0.15) is 18.4 Å². The van der Waals surface area contributed by atoms with Crippen molar-refractivity contribution in [2.45, 2.75) is 19.3 Å². The molecular formula is C23H23Cl6N7O2. The van der Waals surface area contributed by atoms with Crippen LogP contribution in [0.4, 0.5) is 5.69 Å². The van der Waals surface area contributed by atoms with Crippen molar-refractivity contribution in [2.24, 2.45) is 0 Å². The van der Waals surface area contributed by atoms with E-state index in [4.69, 9.17) is 63.7 Å². The van der Waals surface area contributed by atoms with Crippen LogP contribution in [0.5, 0.6) is 0 Å². The molecule has 0 unspecified atom stereocenters. The summed E-state index contributed by atoms with van der Waals surface area (Å²) >= 11 is 27.2. The lowest BCUT2D eigenvalue weighted by atomic mass is 10.1. The third kappa shape index (κ3) is 11.6. The second-order valence-corrected chi connectivity index (χ2v) is 8.97. The van der Waals surface area contributed by atoms with Crippen LogP contribution in [0.3, 0.4) is 0 Å². The second-order valence-electron chi connectivity index (χ2n) is 7.08. The molecule has 0 aromatic carbocycles. The predicted molar refractivity (Wildman–Crippen MR) is 155 cm³/mol. The molecule has 0 aliphatic rings. The normalized spacial score (nSPS) is 9.82. The summed E-state index contributed by atoms with van der Waals surface area (Å²) in [4.78, 5) is 29.2. The topological polar surface area (TPSA) is 122 Å². The van der Waals surface area contributed by atoms with Crippen LogP contribution in [0.15, 0.2) is 61.4 Å². The maximum Gasteiger partial charge on any atom is 0.222 e. The largest absolute Gasteiger partial charge is 0.395 e. The Balaban J connectivity index is 0.000000317. The molecule has 0 saturated carbocycles. The summed E-state index contributed by atoms with van der Waals surface area (Å²) < 4.78 is 3.20. The SMILES string of the molecule is Cl.Nc1cn(-c2cccnc2)nc1Cl.O=C(CCCl)Cc1cn(-c2cccnc2)nc1Cl.O=C(Cl)CCCl. The van der Waals surface area contributed by atoms with Gasteiger partial charge < -0.3 is 5.73 Å². The lowest BCUT2D eigenvalue weighted by Crippen LogP contribution is -2.02. The first-order chi connectivity index (χ1) is 17.7. The number of carbonyl (C=O) groups is 2. The summed E-state index contributed by atoms with van der Waals surface area (Å²) in [6.45, 7) is 0. The van der Waals surface area contributed by atoms with Crippen LogP contribution in [-0.2, 0) is 16.0 Å². The highest BCUT2D eigenvalue weighted by Gasteiger charge is 2.12. The number of nitrogens with two attached hydrogens (primary N) is 1. The van der Waals surface area contributed by atoms with Gasteiger partial charge in [0.25, 0.3) is 0 Å². The van der Waals surface area contributed by atoms with Gasteiger partial charge in [-0.1, -0.05) is 23.2 Å². The molecule has 0 bridgehead atoms. The van der Waals surface area contributed by atoms with Gasteiger partial charge in [0.05, 0.1) is 35.7 Å². The zero-order chi connectivity index (χ0) is 27.2. The van der Waals surface area contributed by atoms with Crippen LogP contribution in [0, 0.1) is 0 Å². The quantitative estimate of drug-likeness (QED) is 0.186. The fourth-order valence-corrected chi connectivity index (χ4v) is 3.50. The summed E-state index contributed by atoms with van der Waals surface area (Å²) in [6, 6.07) is 7.36. The smallest absolute Gasteiger partial charge is 0.222 e. The van der Waals surface area contributed by atoms with Gasteiger partial charge in [-0.2, -0.15) is 10.2 Å². The highest BCUT2D eigenvalue weighted by Crippen LogP contribution is 2.18. The number of nitrogens with zero attached hydrogens (tertiary/aromatic N) is 6. The minimum atomic E-state index is -0.370. The molecule has 0 atom stereocenters. The van der Waals surface area contributed by atoms with Gasteiger partial charge in [-0.3, -0.25) is 19.6 Å². The number of hydrogen-bond donors (Lipinski definition) is 1. The van der Waals surface area contributed by atoms with E-state index in [2.05, 4.69) is 20.2 Å². The van der Waals surface area contributed by atoms with Gasteiger partial charge in [0.1, 0.15) is 5.78 Å². The molecule has 204 valence electrons. The standard InChI is InChI=1S/C12H11Cl2N3O.C8H7ClN4.C3H4Cl2O.ClH/c13-4-3-11(18)6-9-8-17(16-12(9)14)10-2-1-5-15-7-10;9-8-7(10)5-13(12-8)6-2-1-3-11-4-6;4-2-1-3(5)6;/h1-2,5,7-8H,3-4,6H2;1-5H,10H2;1-2H2;1H. The molecule has 0 aliphatic heterocycles. The van der Waals surface area contributed by atoms with Gasteiger partial charge in [0.2, 0.25) is 5.24 Å². The van der Waals surface area contributed by atoms with Gasteiger partial charge in [0, 0.05) is 55.2 Å². The predicted octanol–water partition coefficient (Wildman–Crippen LogP) is 5.97.